The van der Waals surface area contributed by atoms with E-state index in [1.165, 1.54) is 29.6 Å². The first kappa shape index (κ1) is 16.2. The minimum absolute atomic E-state index is 0.0396. The van der Waals surface area contributed by atoms with Gasteiger partial charge in [-0.05, 0) is 31.2 Å². The standard InChI is InChI=1S/C13H17ClN2O4S/c1-20-13(17)11-9-10(14)3-4-12(11)21(18,19)16-7-2-5-15-6-8-16/h3-4,9,15H,2,5-8H2,1H3. The van der Waals surface area contributed by atoms with Gasteiger partial charge >= 0.3 is 5.97 Å². The zero-order chi connectivity index (χ0) is 15.5. The lowest BCUT2D eigenvalue weighted by atomic mass is 10.2. The lowest BCUT2D eigenvalue weighted by Crippen LogP contribution is -2.35. The fourth-order valence-electron chi connectivity index (χ4n) is 2.20. The number of carbonyl (C=O) groups is 1. The molecule has 0 atom stereocenters. The van der Waals surface area contributed by atoms with Gasteiger partial charge in [0.05, 0.1) is 17.6 Å². The van der Waals surface area contributed by atoms with E-state index in [1.807, 2.05) is 0 Å². The van der Waals surface area contributed by atoms with Crippen molar-refractivity contribution in [1.29, 1.82) is 0 Å². The molecule has 1 aromatic rings. The highest BCUT2D eigenvalue weighted by Crippen LogP contribution is 2.24. The summed E-state index contributed by atoms with van der Waals surface area (Å²) in [4.78, 5) is 11.7. The molecule has 0 spiro atoms. The number of benzene rings is 1. The maximum absolute atomic E-state index is 12.7. The Hall–Kier alpha value is -1.15. The van der Waals surface area contributed by atoms with Gasteiger partial charge in [0.1, 0.15) is 0 Å². The quantitative estimate of drug-likeness (QED) is 0.839. The van der Waals surface area contributed by atoms with Crippen LogP contribution in [0.5, 0.6) is 0 Å². The Bertz CT molecular complexity index is 625. The van der Waals surface area contributed by atoms with Crippen molar-refractivity contribution in [2.45, 2.75) is 11.3 Å². The second-order valence-electron chi connectivity index (χ2n) is 4.64. The molecule has 0 saturated carbocycles. The van der Waals surface area contributed by atoms with Gasteiger partial charge in [-0.1, -0.05) is 11.6 Å². The average molecular weight is 333 g/mol. The average Bonchev–Trinajstić information content (AvgIpc) is 2.75. The molecule has 0 amide bonds. The van der Waals surface area contributed by atoms with Crippen LogP contribution in [0.2, 0.25) is 5.02 Å². The Labute approximate surface area is 129 Å². The van der Waals surface area contributed by atoms with Crippen LogP contribution in [0.4, 0.5) is 0 Å². The third-order valence-corrected chi connectivity index (χ3v) is 5.46. The van der Waals surface area contributed by atoms with E-state index < -0.39 is 16.0 Å². The van der Waals surface area contributed by atoms with E-state index in [1.54, 1.807) is 0 Å². The van der Waals surface area contributed by atoms with E-state index in [0.29, 0.717) is 19.6 Å². The first-order chi connectivity index (χ1) is 9.96. The number of sulfonamides is 1. The SMILES string of the molecule is COC(=O)c1cc(Cl)ccc1S(=O)(=O)N1CCCNCC1. The van der Waals surface area contributed by atoms with Gasteiger partial charge in [-0.3, -0.25) is 0 Å². The Balaban J connectivity index is 2.46. The fraction of sp³-hybridized carbons (Fsp3) is 0.462. The Kier molecular flexibility index (Phi) is 5.21. The molecule has 0 aromatic heterocycles. The van der Waals surface area contributed by atoms with E-state index in [4.69, 9.17) is 11.6 Å². The minimum Gasteiger partial charge on any atom is -0.465 e. The van der Waals surface area contributed by atoms with Gasteiger partial charge < -0.3 is 10.1 Å². The highest BCUT2D eigenvalue weighted by Gasteiger charge is 2.29. The summed E-state index contributed by atoms with van der Waals surface area (Å²) in [7, 11) is -2.55. The Morgan fingerprint density at radius 1 is 1.33 bits per heavy atom. The van der Waals surface area contributed by atoms with Crippen LogP contribution in [0.25, 0.3) is 0 Å². The number of nitrogens with zero attached hydrogens (tertiary/aromatic N) is 1. The maximum atomic E-state index is 12.7. The third-order valence-electron chi connectivity index (χ3n) is 3.26. The van der Waals surface area contributed by atoms with Crippen LogP contribution >= 0.6 is 11.6 Å². The molecule has 0 aliphatic carbocycles. The van der Waals surface area contributed by atoms with E-state index in [9.17, 15) is 13.2 Å². The fourth-order valence-corrected chi connectivity index (χ4v) is 4.01. The van der Waals surface area contributed by atoms with Crippen molar-refractivity contribution < 1.29 is 17.9 Å². The van der Waals surface area contributed by atoms with Gasteiger partial charge in [0.2, 0.25) is 10.0 Å². The van der Waals surface area contributed by atoms with Gasteiger partial charge in [-0.25, -0.2) is 13.2 Å². The Morgan fingerprint density at radius 3 is 2.81 bits per heavy atom. The van der Waals surface area contributed by atoms with Crippen LogP contribution in [-0.2, 0) is 14.8 Å². The molecule has 1 heterocycles. The van der Waals surface area contributed by atoms with Gasteiger partial charge in [0.15, 0.2) is 0 Å². The van der Waals surface area contributed by atoms with E-state index >= 15 is 0 Å². The highest BCUT2D eigenvalue weighted by molar-refractivity contribution is 7.89. The molecular weight excluding hydrogens is 316 g/mol. The summed E-state index contributed by atoms with van der Waals surface area (Å²) in [6.45, 7) is 2.14. The van der Waals surface area contributed by atoms with Gasteiger partial charge in [-0.15, -0.1) is 0 Å². The molecule has 0 unspecified atom stereocenters. The number of ether oxygens (including phenoxy) is 1. The maximum Gasteiger partial charge on any atom is 0.339 e. The first-order valence-corrected chi connectivity index (χ1v) is 8.37. The number of rotatable bonds is 3. The number of halogens is 1. The highest BCUT2D eigenvalue weighted by atomic mass is 35.5. The van der Waals surface area contributed by atoms with Crippen LogP contribution in [0.3, 0.4) is 0 Å². The van der Waals surface area contributed by atoms with Gasteiger partial charge in [-0.2, -0.15) is 4.31 Å². The molecule has 6 nitrogen and oxygen atoms in total. The summed E-state index contributed by atoms with van der Waals surface area (Å²) < 4.78 is 31.5. The van der Waals surface area contributed by atoms with Gasteiger partial charge in [0, 0.05) is 24.7 Å². The van der Waals surface area contributed by atoms with E-state index in [-0.39, 0.29) is 15.5 Å². The van der Waals surface area contributed by atoms with Crippen LogP contribution in [0, 0.1) is 0 Å². The molecule has 1 saturated heterocycles. The zero-order valence-electron chi connectivity index (χ0n) is 11.6. The van der Waals surface area contributed by atoms with Crippen molar-refractivity contribution in [3.63, 3.8) is 0 Å². The zero-order valence-corrected chi connectivity index (χ0v) is 13.2. The minimum atomic E-state index is -3.75. The first-order valence-electron chi connectivity index (χ1n) is 6.55. The van der Waals surface area contributed by atoms with Crippen LogP contribution < -0.4 is 5.32 Å². The number of nitrogens with one attached hydrogen (secondary N) is 1. The second-order valence-corrected chi connectivity index (χ2v) is 6.98. The summed E-state index contributed by atoms with van der Waals surface area (Å²) in [6.07, 6.45) is 0.723. The lowest BCUT2D eigenvalue weighted by molar-refractivity contribution is 0.0596. The topological polar surface area (TPSA) is 75.7 Å². The van der Waals surface area contributed by atoms with Crippen molar-refractivity contribution in [1.82, 2.24) is 9.62 Å². The van der Waals surface area contributed by atoms with Crippen molar-refractivity contribution in [3.05, 3.63) is 28.8 Å². The number of hydrogen-bond acceptors (Lipinski definition) is 5. The number of hydrogen-bond donors (Lipinski definition) is 1. The summed E-state index contributed by atoms with van der Waals surface area (Å²) in [5.41, 5.74) is -0.0396. The molecule has 1 aliphatic heterocycles. The molecule has 8 heteroatoms. The molecule has 2 rings (SSSR count). The second kappa shape index (κ2) is 6.74. The number of carbonyl (C=O) groups excluding carboxylic acids is 1. The molecule has 21 heavy (non-hydrogen) atoms. The van der Waals surface area contributed by atoms with Crippen LogP contribution in [-0.4, -0.2) is 52.0 Å². The molecule has 116 valence electrons. The predicted molar refractivity (Wildman–Crippen MR) is 79.0 cm³/mol. The van der Waals surface area contributed by atoms with Crippen LogP contribution in [0.15, 0.2) is 23.1 Å². The molecule has 1 fully saturated rings. The molecule has 1 aliphatic rings. The summed E-state index contributed by atoms with van der Waals surface area (Å²) in [5, 5.41) is 3.42. The van der Waals surface area contributed by atoms with Crippen molar-refractivity contribution >= 4 is 27.6 Å². The number of esters is 1. The molecule has 1 aromatic carbocycles. The van der Waals surface area contributed by atoms with Crippen molar-refractivity contribution in [2.75, 3.05) is 33.3 Å². The van der Waals surface area contributed by atoms with Crippen molar-refractivity contribution in [3.8, 4) is 0 Å². The molecule has 0 radical (unpaired) electrons. The monoisotopic (exact) mass is 332 g/mol. The van der Waals surface area contributed by atoms with Crippen molar-refractivity contribution in [2.24, 2.45) is 0 Å². The smallest absolute Gasteiger partial charge is 0.339 e. The largest absolute Gasteiger partial charge is 0.465 e. The molecule has 1 N–H and O–H groups in total. The number of methoxy groups -OCH3 is 1. The summed E-state index contributed by atoms with van der Waals surface area (Å²) in [5.74, 6) is -0.718. The predicted octanol–water partition coefficient (Wildman–Crippen LogP) is 1.11. The lowest BCUT2D eigenvalue weighted by Gasteiger charge is -2.21. The van der Waals surface area contributed by atoms with Gasteiger partial charge in [0.25, 0.3) is 0 Å². The van der Waals surface area contributed by atoms with E-state index in [0.717, 1.165) is 13.0 Å². The normalized spacial score (nSPS) is 17.2. The van der Waals surface area contributed by atoms with E-state index in [2.05, 4.69) is 10.1 Å². The summed E-state index contributed by atoms with van der Waals surface area (Å²) in [6, 6.07) is 4.12. The van der Waals surface area contributed by atoms with Crippen LogP contribution in [0.1, 0.15) is 16.8 Å². The molecule has 0 bridgehead atoms. The molecular formula is C13H17ClN2O4S. The Morgan fingerprint density at radius 2 is 2.10 bits per heavy atom. The third kappa shape index (κ3) is 3.55. The summed E-state index contributed by atoms with van der Waals surface area (Å²) >= 11 is 5.85.